The van der Waals surface area contributed by atoms with Crippen molar-refractivity contribution in [3.8, 4) is 17.2 Å². The SMILES string of the molecule is CCCOc1ccc(OCCC)c(OCCC)c1C=CC(=O)OC(C)C. The van der Waals surface area contributed by atoms with Gasteiger partial charge in [0.1, 0.15) is 5.75 Å². The van der Waals surface area contributed by atoms with Crippen LogP contribution in [0.1, 0.15) is 59.4 Å². The fourth-order valence-electron chi connectivity index (χ4n) is 2.16. The molecule has 0 atom stereocenters. The summed E-state index contributed by atoms with van der Waals surface area (Å²) >= 11 is 0. The topological polar surface area (TPSA) is 54.0 Å². The molecule has 0 saturated carbocycles. The highest BCUT2D eigenvalue weighted by molar-refractivity contribution is 5.88. The smallest absolute Gasteiger partial charge is 0.331 e. The predicted molar refractivity (Wildman–Crippen MR) is 104 cm³/mol. The predicted octanol–water partition coefficient (Wildman–Crippen LogP) is 5.02. The van der Waals surface area contributed by atoms with Crippen molar-refractivity contribution in [2.45, 2.75) is 60.0 Å². The monoisotopic (exact) mass is 364 g/mol. The highest BCUT2D eigenvalue weighted by Crippen LogP contribution is 2.39. The van der Waals surface area contributed by atoms with Crippen LogP contribution >= 0.6 is 0 Å². The molecule has 146 valence electrons. The van der Waals surface area contributed by atoms with Gasteiger partial charge in [-0.3, -0.25) is 0 Å². The van der Waals surface area contributed by atoms with Gasteiger partial charge in [-0.05, 0) is 51.3 Å². The summed E-state index contributed by atoms with van der Waals surface area (Å²) in [6, 6.07) is 3.71. The zero-order valence-corrected chi connectivity index (χ0v) is 16.7. The Morgan fingerprint density at radius 3 is 2.04 bits per heavy atom. The molecule has 0 spiro atoms. The fraction of sp³-hybridized carbons (Fsp3) is 0.571. The van der Waals surface area contributed by atoms with Gasteiger partial charge >= 0.3 is 5.97 Å². The molecule has 26 heavy (non-hydrogen) atoms. The van der Waals surface area contributed by atoms with E-state index in [9.17, 15) is 4.79 Å². The first-order chi connectivity index (χ1) is 12.5. The molecule has 5 nitrogen and oxygen atoms in total. The number of carbonyl (C=O) groups is 1. The minimum atomic E-state index is -0.400. The largest absolute Gasteiger partial charge is 0.493 e. The molecule has 0 fully saturated rings. The number of carbonyl (C=O) groups excluding carboxylic acids is 1. The molecule has 5 heteroatoms. The van der Waals surface area contributed by atoms with Crippen molar-refractivity contribution >= 4 is 12.0 Å². The lowest BCUT2D eigenvalue weighted by atomic mass is 10.1. The Bertz CT molecular complexity index is 578. The van der Waals surface area contributed by atoms with E-state index in [-0.39, 0.29) is 6.10 Å². The zero-order chi connectivity index (χ0) is 19.4. The summed E-state index contributed by atoms with van der Waals surface area (Å²) in [6.07, 6.45) is 5.56. The van der Waals surface area contributed by atoms with Gasteiger partial charge in [0.25, 0.3) is 0 Å². The molecular weight excluding hydrogens is 332 g/mol. The van der Waals surface area contributed by atoms with Gasteiger partial charge < -0.3 is 18.9 Å². The van der Waals surface area contributed by atoms with Gasteiger partial charge in [0, 0.05) is 6.08 Å². The standard InChI is InChI=1S/C21H32O5/c1-6-13-23-18-10-11-19(24-14-7-2)21(25-15-8-3)17(18)9-12-20(22)26-16(4)5/h9-12,16H,6-8,13-15H2,1-5H3. The third-order valence-corrected chi connectivity index (χ3v) is 3.23. The van der Waals surface area contributed by atoms with Crippen LogP contribution in [0, 0.1) is 0 Å². The summed E-state index contributed by atoms with van der Waals surface area (Å²) in [6.45, 7) is 11.5. The highest BCUT2D eigenvalue weighted by Gasteiger charge is 2.16. The number of ether oxygens (including phenoxy) is 4. The second kappa shape index (κ2) is 12.2. The second-order valence-corrected chi connectivity index (χ2v) is 6.17. The van der Waals surface area contributed by atoms with E-state index in [0.29, 0.717) is 42.6 Å². The van der Waals surface area contributed by atoms with Crippen LogP contribution in [-0.4, -0.2) is 31.9 Å². The molecular formula is C21H32O5. The van der Waals surface area contributed by atoms with E-state index < -0.39 is 5.97 Å². The van der Waals surface area contributed by atoms with Crippen molar-refractivity contribution in [3.05, 3.63) is 23.8 Å². The first-order valence-corrected chi connectivity index (χ1v) is 9.47. The molecule has 1 aromatic carbocycles. The van der Waals surface area contributed by atoms with Crippen molar-refractivity contribution in [2.75, 3.05) is 19.8 Å². The maximum Gasteiger partial charge on any atom is 0.331 e. The second-order valence-electron chi connectivity index (χ2n) is 6.17. The molecule has 0 bridgehead atoms. The Labute approximate surface area is 157 Å². The third-order valence-electron chi connectivity index (χ3n) is 3.23. The number of rotatable bonds is 12. The van der Waals surface area contributed by atoms with Crippen LogP contribution in [0.25, 0.3) is 6.08 Å². The zero-order valence-electron chi connectivity index (χ0n) is 16.7. The number of hydrogen-bond donors (Lipinski definition) is 0. The molecule has 0 N–H and O–H groups in total. The Hall–Kier alpha value is -2.17. The van der Waals surface area contributed by atoms with E-state index >= 15 is 0 Å². The summed E-state index contributed by atoms with van der Waals surface area (Å²) in [5.74, 6) is 1.52. The van der Waals surface area contributed by atoms with Gasteiger partial charge in [0.05, 0.1) is 31.5 Å². The summed E-state index contributed by atoms with van der Waals surface area (Å²) in [5, 5.41) is 0. The van der Waals surface area contributed by atoms with E-state index in [1.165, 1.54) is 6.08 Å². The normalized spacial score (nSPS) is 11.0. The van der Waals surface area contributed by atoms with Crippen molar-refractivity contribution < 1.29 is 23.7 Å². The molecule has 0 amide bonds. The highest BCUT2D eigenvalue weighted by atomic mass is 16.5. The van der Waals surface area contributed by atoms with Crippen molar-refractivity contribution in [1.29, 1.82) is 0 Å². The molecule has 1 aromatic rings. The quantitative estimate of drug-likeness (QED) is 0.385. The van der Waals surface area contributed by atoms with Crippen LogP contribution in [0.5, 0.6) is 17.2 Å². The molecule has 0 heterocycles. The van der Waals surface area contributed by atoms with E-state index in [2.05, 4.69) is 0 Å². The third kappa shape index (κ3) is 7.38. The summed E-state index contributed by atoms with van der Waals surface area (Å²) < 4.78 is 22.8. The molecule has 0 unspecified atom stereocenters. The van der Waals surface area contributed by atoms with Crippen LogP contribution in [0.2, 0.25) is 0 Å². The lowest BCUT2D eigenvalue weighted by Crippen LogP contribution is -2.08. The molecule has 0 aliphatic carbocycles. The van der Waals surface area contributed by atoms with Gasteiger partial charge in [-0.2, -0.15) is 0 Å². The van der Waals surface area contributed by atoms with Gasteiger partial charge in [0.2, 0.25) is 0 Å². The first-order valence-electron chi connectivity index (χ1n) is 9.47. The van der Waals surface area contributed by atoms with Gasteiger partial charge in [-0.1, -0.05) is 20.8 Å². The van der Waals surface area contributed by atoms with Crippen LogP contribution in [-0.2, 0) is 9.53 Å². The number of hydrogen-bond acceptors (Lipinski definition) is 5. The lowest BCUT2D eigenvalue weighted by molar-refractivity contribution is -0.141. The van der Waals surface area contributed by atoms with E-state index in [4.69, 9.17) is 18.9 Å². The Morgan fingerprint density at radius 2 is 1.46 bits per heavy atom. The minimum absolute atomic E-state index is 0.169. The maximum atomic E-state index is 11.9. The summed E-state index contributed by atoms with van der Waals surface area (Å²) in [5.41, 5.74) is 0.696. The van der Waals surface area contributed by atoms with Gasteiger partial charge in [-0.25, -0.2) is 4.79 Å². The Morgan fingerprint density at radius 1 is 0.923 bits per heavy atom. The Kier molecular flexibility index (Phi) is 10.3. The lowest BCUT2D eigenvalue weighted by Gasteiger charge is -2.18. The molecule has 0 saturated heterocycles. The average molecular weight is 364 g/mol. The molecule has 0 aliphatic heterocycles. The van der Waals surface area contributed by atoms with Crippen LogP contribution in [0.3, 0.4) is 0 Å². The molecule has 0 radical (unpaired) electrons. The van der Waals surface area contributed by atoms with Crippen molar-refractivity contribution in [1.82, 2.24) is 0 Å². The van der Waals surface area contributed by atoms with E-state index in [1.54, 1.807) is 6.08 Å². The Balaban J connectivity index is 3.25. The molecule has 0 aliphatic rings. The van der Waals surface area contributed by atoms with Crippen LogP contribution in [0.15, 0.2) is 18.2 Å². The van der Waals surface area contributed by atoms with Gasteiger partial charge in [-0.15, -0.1) is 0 Å². The maximum absolute atomic E-state index is 11.9. The van der Waals surface area contributed by atoms with Gasteiger partial charge in [0.15, 0.2) is 11.5 Å². The van der Waals surface area contributed by atoms with E-state index in [0.717, 1.165) is 19.3 Å². The summed E-state index contributed by atoms with van der Waals surface area (Å²) in [4.78, 5) is 11.9. The van der Waals surface area contributed by atoms with Crippen molar-refractivity contribution in [3.63, 3.8) is 0 Å². The molecule has 0 aromatic heterocycles. The van der Waals surface area contributed by atoms with Crippen LogP contribution in [0.4, 0.5) is 0 Å². The fourth-order valence-corrected chi connectivity index (χ4v) is 2.16. The van der Waals surface area contributed by atoms with Crippen LogP contribution < -0.4 is 14.2 Å². The molecule has 1 rings (SSSR count). The first kappa shape index (κ1) is 21.9. The van der Waals surface area contributed by atoms with E-state index in [1.807, 2.05) is 46.8 Å². The summed E-state index contributed by atoms with van der Waals surface area (Å²) in [7, 11) is 0. The number of esters is 1. The minimum Gasteiger partial charge on any atom is -0.493 e. The number of benzene rings is 1. The van der Waals surface area contributed by atoms with Crippen molar-refractivity contribution in [2.24, 2.45) is 0 Å². The average Bonchev–Trinajstić information content (AvgIpc) is 2.61.